The zero-order chi connectivity index (χ0) is 18.7. The highest BCUT2D eigenvalue weighted by atomic mass is 32.1. The summed E-state index contributed by atoms with van der Waals surface area (Å²) in [7, 11) is 1.54. The van der Waals surface area contributed by atoms with E-state index in [4.69, 9.17) is 4.74 Å². The van der Waals surface area contributed by atoms with Gasteiger partial charge in [0.15, 0.2) is 17.0 Å². The number of fused-ring (bicyclic) bond motifs is 1. The van der Waals surface area contributed by atoms with Crippen LogP contribution in [-0.4, -0.2) is 40.8 Å². The highest BCUT2D eigenvalue weighted by Gasteiger charge is 2.35. The van der Waals surface area contributed by atoms with E-state index in [0.29, 0.717) is 29.0 Å². The molecule has 0 spiro atoms. The smallest absolute Gasteiger partial charge is 0.385 e. The van der Waals surface area contributed by atoms with Crippen LogP contribution in [0.1, 0.15) is 22.6 Å². The van der Waals surface area contributed by atoms with E-state index in [2.05, 4.69) is 15.4 Å². The zero-order valence-corrected chi connectivity index (χ0v) is 14.5. The van der Waals surface area contributed by atoms with Crippen molar-refractivity contribution >= 4 is 22.9 Å². The number of hydrogen-bond acceptors (Lipinski definition) is 5. The maximum Gasteiger partial charge on any atom is 0.433 e. The number of alkyl halides is 3. The van der Waals surface area contributed by atoms with Crippen molar-refractivity contribution in [1.29, 1.82) is 0 Å². The number of amides is 1. The molecule has 3 rings (SSSR count). The van der Waals surface area contributed by atoms with Crippen LogP contribution in [0, 0.1) is 0 Å². The van der Waals surface area contributed by atoms with Crippen molar-refractivity contribution < 1.29 is 22.7 Å². The lowest BCUT2D eigenvalue weighted by Crippen LogP contribution is -2.25. The quantitative estimate of drug-likeness (QED) is 0.663. The van der Waals surface area contributed by atoms with Gasteiger partial charge in [-0.1, -0.05) is 6.07 Å². The van der Waals surface area contributed by atoms with Gasteiger partial charge in [0.25, 0.3) is 5.91 Å². The SMILES string of the molecule is COCCCNC(=O)c1cc2nc(-c3cccs3)cc(C(F)(F)F)n2n1. The monoisotopic (exact) mass is 384 g/mol. The molecular weight excluding hydrogens is 369 g/mol. The van der Waals surface area contributed by atoms with Crippen LogP contribution in [0.15, 0.2) is 29.6 Å². The van der Waals surface area contributed by atoms with Gasteiger partial charge in [-0.05, 0) is 23.9 Å². The van der Waals surface area contributed by atoms with Crippen molar-refractivity contribution in [2.24, 2.45) is 0 Å². The Kier molecular flexibility index (Phi) is 5.23. The van der Waals surface area contributed by atoms with Gasteiger partial charge < -0.3 is 10.1 Å². The van der Waals surface area contributed by atoms with Crippen molar-refractivity contribution in [2.75, 3.05) is 20.3 Å². The topological polar surface area (TPSA) is 68.5 Å². The number of carbonyl (C=O) groups excluding carboxylic acids is 1. The Morgan fingerprint density at radius 2 is 2.19 bits per heavy atom. The van der Waals surface area contributed by atoms with E-state index in [1.165, 1.54) is 17.4 Å². The molecule has 0 aromatic carbocycles. The lowest BCUT2D eigenvalue weighted by Gasteiger charge is -2.10. The van der Waals surface area contributed by atoms with Crippen molar-refractivity contribution in [3.8, 4) is 10.6 Å². The first-order valence-electron chi connectivity index (χ1n) is 7.69. The van der Waals surface area contributed by atoms with Crippen LogP contribution >= 0.6 is 11.3 Å². The van der Waals surface area contributed by atoms with Crippen LogP contribution in [0.3, 0.4) is 0 Å². The van der Waals surface area contributed by atoms with Crippen LogP contribution < -0.4 is 5.32 Å². The Bertz CT molecular complexity index is 906. The third kappa shape index (κ3) is 3.86. The number of methoxy groups -OCH3 is 1. The van der Waals surface area contributed by atoms with Gasteiger partial charge in [0, 0.05) is 26.3 Å². The van der Waals surface area contributed by atoms with E-state index < -0.39 is 17.8 Å². The zero-order valence-electron chi connectivity index (χ0n) is 13.7. The van der Waals surface area contributed by atoms with Crippen molar-refractivity contribution in [2.45, 2.75) is 12.6 Å². The van der Waals surface area contributed by atoms with Gasteiger partial charge in [-0.2, -0.15) is 18.3 Å². The number of carbonyl (C=O) groups is 1. The first kappa shape index (κ1) is 18.3. The third-order valence-electron chi connectivity index (χ3n) is 3.53. The fourth-order valence-corrected chi connectivity index (χ4v) is 3.03. The van der Waals surface area contributed by atoms with E-state index in [-0.39, 0.29) is 17.0 Å². The number of aromatic nitrogens is 3. The number of hydrogen-bond donors (Lipinski definition) is 1. The predicted molar refractivity (Wildman–Crippen MR) is 90.1 cm³/mol. The first-order valence-corrected chi connectivity index (χ1v) is 8.57. The van der Waals surface area contributed by atoms with Crippen molar-refractivity contribution in [3.63, 3.8) is 0 Å². The lowest BCUT2D eigenvalue weighted by molar-refractivity contribution is -0.142. The van der Waals surface area contributed by atoms with Gasteiger partial charge in [-0.25, -0.2) is 9.50 Å². The molecule has 0 atom stereocenters. The minimum absolute atomic E-state index is 0.0368. The second-order valence-corrected chi connectivity index (χ2v) is 6.35. The summed E-state index contributed by atoms with van der Waals surface area (Å²) in [6.45, 7) is 0.802. The summed E-state index contributed by atoms with van der Waals surface area (Å²) in [5.74, 6) is -0.558. The standard InChI is InChI=1S/C16H15F3N4O2S/c1-25-6-3-5-20-15(24)11-9-14-21-10(12-4-2-7-26-12)8-13(16(17,18)19)23(14)22-11/h2,4,7-9H,3,5-6H2,1H3,(H,20,24). The van der Waals surface area contributed by atoms with Gasteiger partial charge >= 0.3 is 6.18 Å². The number of nitrogens with one attached hydrogen (secondary N) is 1. The molecule has 1 N–H and O–H groups in total. The molecule has 0 saturated carbocycles. The normalized spacial score (nSPS) is 11.8. The molecule has 0 radical (unpaired) electrons. The Morgan fingerprint density at radius 1 is 1.38 bits per heavy atom. The summed E-state index contributed by atoms with van der Waals surface area (Å²) >= 11 is 1.28. The molecule has 0 unspecified atom stereocenters. The third-order valence-corrected chi connectivity index (χ3v) is 4.43. The Morgan fingerprint density at radius 3 is 2.85 bits per heavy atom. The number of nitrogens with zero attached hydrogens (tertiary/aromatic N) is 3. The minimum Gasteiger partial charge on any atom is -0.385 e. The van der Waals surface area contributed by atoms with Crippen LogP contribution in [0.4, 0.5) is 13.2 Å². The maximum absolute atomic E-state index is 13.4. The summed E-state index contributed by atoms with van der Waals surface area (Å²) < 4.78 is 45.8. The van der Waals surface area contributed by atoms with Crippen molar-refractivity contribution in [3.05, 3.63) is 41.0 Å². The Balaban J connectivity index is 1.98. The van der Waals surface area contributed by atoms with Gasteiger partial charge in [-0.15, -0.1) is 11.3 Å². The molecule has 0 aliphatic carbocycles. The molecule has 0 saturated heterocycles. The second kappa shape index (κ2) is 7.42. The minimum atomic E-state index is -4.63. The highest BCUT2D eigenvalue weighted by molar-refractivity contribution is 7.13. The van der Waals surface area contributed by atoms with Crippen LogP contribution in [0.25, 0.3) is 16.2 Å². The molecule has 0 aliphatic rings. The molecule has 138 valence electrons. The molecule has 0 bridgehead atoms. The average molecular weight is 384 g/mol. The largest absolute Gasteiger partial charge is 0.433 e. The molecule has 6 nitrogen and oxygen atoms in total. The van der Waals surface area contributed by atoms with E-state index in [9.17, 15) is 18.0 Å². The first-order chi connectivity index (χ1) is 12.4. The Hall–Kier alpha value is -2.46. The van der Waals surface area contributed by atoms with Crippen LogP contribution in [0.5, 0.6) is 0 Å². The van der Waals surface area contributed by atoms with Gasteiger partial charge in [-0.3, -0.25) is 4.79 Å². The molecule has 0 aliphatic heterocycles. The van der Waals surface area contributed by atoms with Crippen LogP contribution in [-0.2, 0) is 10.9 Å². The fraction of sp³-hybridized carbons (Fsp3) is 0.312. The fourth-order valence-electron chi connectivity index (χ4n) is 2.35. The van der Waals surface area contributed by atoms with Gasteiger partial charge in [0.2, 0.25) is 0 Å². The molecule has 3 heterocycles. The molecule has 10 heteroatoms. The van der Waals surface area contributed by atoms with Crippen molar-refractivity contribution in [1.82, 2.24) is 19.9 Å². The molecular formula is C16H15F3N4O2S. The summed E-state index contributed by atoms with van der Waals surface area (Å²) in [6, 6.07) is 5.60. The number of ether oxygens (including phenoxy) is 1. The summed E-state index contributed by atoms with van der Waals surface area (Å²) in [5.41, 5.74) is -0.954. The van der Waals surface area contributed by atoms with Gasteiger partial charge in [0.1, 0.15) is 0 Å². The average Bonchev–Trinajstić information content (AvgIpc) is 3.25. The summed E-state index contributed by atoms with van der Waals surface area (Å²) in [5, 5.41) is 8.14. The Labute approximate surface area is 150 Å². The summed E-state index contributed by atoms with van der Waals surface area (Å²) in [4.78, 5) is 16.9. The van der Waals surface area contributed by atoms with Gasteiger partial charge in [0.05, 0.1) is 10.6 Å². The molecule has 0 fully saturated rings. The molecule has 3 aromatic rings. The van der Waals surface area contributed by atoms with E-state index in [1.807, 2.05) is 0 Å². The lowest BCUT2D eigenvalue weighted by atomic mass is 10.2. The van der Waals surface area contributed by atoms with E-state index in [0.717, 1.165) is 6.07 Å². The van der Waals surface area contributed by atoms with E-state index in [1.54, 1.807) is 24.6 Å². The number of halogens is 3. The number of rotatable bonds is 6. The molecule has 1 amide bonds. The van der Waals surface area contributed by atoms with E-state index >= 15 is 0 Å². The second-order valence-electron chi connectivity index (χ2n) is 5.40. The number of thiophene rings is 1. The predicted octanol–water partition coefficient (Wildman–Crippen LogP) is 3.24. The molecule has 26 heavy (non-hydrogen) atoms. The molecule has 3 aromatic heterocycles. The maximum atomic E-state index is 13.4. The highest BCUT2D eigenvalue weighted by Crippen LogP contribution is 2.33. The van der Waals surface area contributed by atoms with Crippen LogP contribution in [0.2, 0.25) is 0 Å². The summed E-state index contributed by atoms with van der Waals surface area (Å²) in [6.07, 6.45) is -4.05.